The van der Waals surface area contributed by atoms with Crippen molar-refractivity contribution in [1.82, 2.24) is 30.0 Å². The Hall–Kier alpha value is -5.47. The zero-order valence-electron chi connectivity index (χ0n) is 44.0. The monoisotopic (exact) mass is 1050 g/mol. The number of fused-ring (bicyclic) bond motifs is 2. The first kappa shape index (κ1) is 61.4. The summed E-state index contributed by atoms with van der Waals surface area (Å²) < 4.78 is 11.7. The molecular formula is C59H78ClLiN8O7. The number of ether oxygens (including phenoxy) is 2. The zero-order chi connectivity index (χ0) is 50.9. The van der Waals surface area contributed by atoms with E-state index in [-0.39, 0.29) is 63.7 Å². The van der Waals surface area contributed by atoms with E-state index in [1.54, 1.807) is 12.4 Å². The number of nitrogens with zero attached hydrogens (tertiary/aromatic N) is 7. The summed E-state index contributed by atoms with van der Waals surface area (Å²) in [5.41, 5.74) is 7.07. The number of piperidine rings is 2. The average molecular weight is 1050 g/mol. The van der Waals surface area contributed by atoms with Crippen LogP contribution in [0, 0.1) is 25.7 Å². The van der Waals surface area contributed by atoms with Crippen LogP contribution in [0.15, 0.2) is 122 Å². The minimum Gasteiger partial charge on any atom is -0.550 e. The van der Waals surface area contributed by atoms with Crippen molar-refractivity contribution >= 4 is 57.5 Å². The second-order valence-corrected chi connectivity index (χ2v) is 19.7. The second kappa shape index (κ2) is 31.1. The van der Waals surface area contributed by atoms with Gasteiger partial charge in [-0.25, -0.2) is 0 Å². The molecule has 0 aliphatic carbocycles. The van der Waals surface area contributed by atoms with Gasteiger partial charge in [-0.15, -0.1) is 12.4 Å². The van der Waals surface area contributed by atoms with Crippen LogP contribution >= 0.6 is 12.4 Å². The number of benzene rings is 4. The van der Waals surface area contributed by atoms with Crippen LogP contribution in [0.1, 0.15) is 44.2 Å². The summed E-state index contributed by atoms with van der Waals surface area (Å²) in [4.78, 5) is 43.9. The van der Waals surface area contributed by atoms with E-state index >= 15 is 0 Å². The molecule has 6 aromatic rings. The smallest absolute Gasteiger partial charge is 0.550 e. The number of carboxylic acids is 1. The summed E-state index contributed by atoms with van der Waals surface area (Å²) in [6.07, 6.45) is 5.13. The van der Waals surface area contributed by atoms with Crippen molar-refractivity contribution < 1.29 is 53.2 Å². The van der Waals surface area contributed by atoms with Crippen molar-refractivity contribution in [3.05, 3.63) is 133 Å². The van der Waals surface area contributed by atoms with Gasteiger partial charge in [0, 0.05) is 118 Å². The third-order valence-corrected chi connectivity index (χ3v) is 14.5. The fourth-order valence-electron chi connectivity index (χ4n) is 10.4. The Kier molecular flexibility index (Phi) is 25.1. The number of aliphatic hydroxyl groups is 2. The molecule has 3 N–H and O–H groups in total. The van der Waals surface area contributed by atoms with Crippen LogP contribution in [0.5, 0.6) is 11.5 Å². The summed E-state index contributed by atoms with van der Waals surface area (Å²) in [5, 5.41) is 36.9. The van der Waals surface area contributed by atoms with E-state index in [1.807, 2.05) is 60.7 Å². The molecule has 10 rings (SSSR count). The molecule has 0 spiro atoms. The molecule has 2 atom stereocenters. The summed E-state index contributed by atoms with van der Waals surface area (Å²) in [6.45, 7) is 16.6. The van der Waals surface area contributed by atoms with Crippen molar-refractivity contribution in [2.24, 2.45) is 11.8 Å². The molecule has 4 saturated heterocycles. The van der Waals surface area contributed by atoms with Crippen LogP contribution in [-0.2, 0) is 9.59 Å². The van der Waals surface area contributed by atoms with E-state index in [9.17, 15) is 24.9 Å². The molecule has 6 heterocycles. The van der Waals surface area contributed by atoms with E-state index in [0.29, 0.717) is 50.7 Å². The number of pyridine rings is 2. The van der Waals surface area contributed by atoms with E-state index in [2.05, 4.69) is 102 Å². The molecular weight excluding hydrogens is 975 g/mol. The third kappa shape index (κ3) is 17.3. The van der Waals surface area contributed by atoms with Gasteiger partial charge in [0.2, 0.25) is 5.91 Å². The fourth-order valence-corrected chi connectivity index (χ4v) is 10.4. The molecule has 2 aromatic heterocycles. The Labute approximate surface area is 468 Å². The second-order valence-electron chi connectivity index (χ2n) is 19.7. The number of carboxylic acid groups (broad SMARTS) is 1. The number of aryl methyl sites for hydroxylation is 2. The van der Waals surface area contributed by atoms with Gasteiger partial charge >= 0.3 is 18.9 Å². The van der Waals surface area contributed by atoms with Crippen LogP contribution in [0.25, 0.3) is 21.8 Å². The molecule has 0 bridgehead atoms. The van der Waals surface area contributed by atoms with Crippen LogP contribution in [-0.4, -0.2) is 164 Å². The summed E-state index contributed by atoms with van der Waals surface area (Å²) in [6, 6.07) is 36.2. The number of aliphatic hydroxyl groups excluding tert-OH is 2. The Bertz CT molecular complexity index is 2680. The van der Waals surface area contributed by atoms with Crippen molar-refractivity contribution in [1.29, 1.82) is 0 Å². The number of carbonyl (C=O) groups is 2. The number of hydrogen-bond donors (Lipinski definition) is 3. The van der Waals surface area contributed by atoms with Crippen molar-refractivity contribution in [2.75, 3.05) is 115 Å². The molecule has 0 saturated carbocycles. The normalized spacial score (nSPS) is 17.3. The Morgan fingerprint density at radius 1 is 0.592 bits per heavy atom. The number of aliphatic carboxylic acids is 1. The maximum atomic E-state index is 13.2. The van der Waals surface area contributed by atoms with Gasteiger partial charge in [-0.3, -0.25) is 14.8 Å². The maximum Gasteiger partial charge on any atom is 1.00 e. The quantitative estimate of drug-likeness (QED) is 0.136. The van der Waals surface area contributed by atoms with Crippen molar-refractivity contribution in [2.45, 2.75) is 59.2 Å². The van der Waals surface area contributed by atoms with Gasteiger partial charge < -0.3 is 59.4 Å². The van der Waals surface area contributed by atoms with E-state index in [4.69, 9.17) is 9.47 Å². The van der Waals surface area contributed by atoms with Crippen LogP contribution in [0.4, 0.5) is 11.4 Å². The van der Waals surface area contributed by atoms with Crippen molar-refractivity contribution in [3.8, 4) is 11.5 Å². The predicted octanol–water partition coefficient (Wildman–Crippen LogP) is 3.25. The number of nitrogens with one attached hydrogen (secondary N) is 1. The Balaban J connectivity index is 0.000000230. The first-order chi connectivity index (χ1) is 35.6. The predicted molar refractivity (Wildman–Crippen MR) is 300 cm³/mol. The SMILES string of the molecule is C.Cc1ccccc1N1CCN(C(=O)C2CCN(C[C@@H](O)COc3cccc4ncccc34)CC2)CC1.Cc1ccccc1N1CCNCC1.Cl.O=C([O-])C1CCN(C[C@@H](O)COc2cccc3ncccc23)CC1.[Li+]. The summed E-state index contributed by atoms with van der Waals surface area (Å²) >= 11 is 0. The summed E-state index contributed by atoms with van der Waals surface area (Å²) in [7, 11) is 0. The largest absolute Gasteiger partial charge is 1.00 e. The molecule has 17 heteroatoms. The van der Waals surface area contributed by atoms with Gasteiger partial charge in [0.25, 0.3) is 0 Å². The topological polar surface area (TPSA) is 170 Å². The Morgan fingerprint density at radius 2 is 1.03 bits per heavy atom. The number of hydrogen-bond acceptors (Lipinski definition) is 14. The van der Waals surface area contributed by atoms with Gasteiger partial charge in [-0.1, -0.05) is 56.0 Å². The minimum absolute atomic E-state index is 0. The molecule has 404 valence electrons. The van der Waals surface area contributed by atoms with Gasteiger partial charge in [0.05, 0.1) is 11.0 Å². The van der Waals surface area contributed by atoms with Gasteiger partial charge in [0.1, 0.15) is 36.9 Å². The molecule has 76 heavy (non-hydrogen) atoms. The molecule has 1 amide bonds. The standard InChI is InChI=1S/C29H36N4O3.C18H22N2O4.C11H16N2.CH4.ClH.Li/c1-22-6-2-3-9-27(22)32-16-18-33(19-17-32)29(35)23-11-14-31(15-12-23)20-24(34)21-36-28-10-4-8-26-25(28)7-5-13-30-26;21-14(11-20-9-6-13(7-10-20)18(22)23)12-24-17-5-1-4-16-15(17)3-2-8-19-16;1-10-4-2-3-5-11(10)13-8-6-12-7-9-13;;;/h2-10,13,23-24,34H,11-12,14-21H2,1H3;1-5,8,13-14,21H,6-7,9-12H2,(H,22,23);2-5,12H,6-9H2,1H3;1H4;1H;/q;;;;;+1/p-1/t24-;14-;;;;/m11..../s1. The van der Waals surface area contributed by atoms with E-state index in [1.165, 1.54) is 22.5 Å². The number of halogens is 1. The number of anilines is 2. The molecule has 0 unspecified atom stereocenters. The molecule has 4 aliphatic heterocycles. The number of carbonyl (C=O) groups excluding carboxylic acids is 2. The van der Waals surface area contributed by atoms with E-state index < -0.39 is 18.2 Å². The first-order valence-corrected chi connectivity index (χ1v) is 26.1. The molecule has 4 aromatic carbocycles. The first-order valence-electron chi connectivity index (χ1n) is 26.1. The Morgan fingerprint density at radius 3 is 1.47 bits per heavy atom. The average Bonchev–Trinajstić information content (AvgIpc) is 3.43. The third-order valence-electron chi connectivity index (χ3n) is 14.5. The number of likely N-dealkylation sites (tertiary alicyclic amines) is 2. The van der Waals surface area contributed by atoms with Gasteiger partial charge in [0.15, 0.2) is 0 Å². The van der Waals surface area contributed by atoms with Crippen LogP contribution in [0.2, 0.25) is 0 Å². The van der Waals surface area contributed by atoms with Gasteiger partial charge in [-0.2, -0.15) is 0 Å². The number of piperazine rings is 2. The van der Waals surface area contributed by atoms with Crippen molar-refractivity contribution in [3.63, 3.8) is 0 Å². The van der Waals surface area contributed by atoms with Gasteiger partial charge in [-0.05, 0) is 138 Å². The minimum atomic E-state index is -0.969. The number of amides is 1. The molecule has 0 radical (unpaired) electrons. The van der Waals surface area contributed by atoms with Crippen LogP contribution in [0.3, 0.4) is 0 Å². The zero-order valence-corrected chi connectivity index (χ0v) is 44.8. The number of aromatic nitrogens is 2. The van der Waals surface area contributed by atoms with Crippen LogP contribution < -0.4 is 48.6 Å². The fraction of sp³-hybridized carbons (Fsp3) is 0.458. The number of rotatable bonds is 14. The number of β-amino-alcohol motifs (C(OH)–C–C–N with tert-alkyl or cyclic N) is 2. The molecule has 4 aliphatic rings. The molecule has 4 fully saturated rings. The number of para-hydroxylation sites is 2. The summed E-state index contributed by atoms with van der Waals surface area (Å²) in [5.74, 6) is 0.498. The van der Waals surface area contributed by atoms with E-state index in [0.717, 1.165) is 106 Å². The maximum absolute atomic E-state index is 13.2. The molecule has 15 nitrogen and oxygen atoms in total.